The second-order valence-corrected chi connectivity index (χ2v) is 11.8. The summed E-state index contributed by atoms with van der Waals surface area (Å²) in [4.78, 5) is 49.5. The molecule has 0 heterocycles. The molecular weight excluding hydrogens is 530 g/mol. The first-order chi connectivity index (χ1) is 20.4. The van der Waals surface area contributed by atoms with Crippen LogP contribution in [0.2, 0.25) is 0 Å². The third-order valence-electron chi connectivity index (χ3n) is 7.77. The highest BCUT2D eigenvalue weighted by Crippen LogP contribution is 2.11. The van der Waals surface area contributed by atoms with Crippen LogP contribution in [0, 0.1) is 0 Å². The largest absolute Gasteiger partial charge is 0.481 e. The first-order valence-electron chi connectivity index (χ1n) is 17.4. The Balaban J connectivity index is 4.06. The zero-order valence-electron chi connectivity index (χ0n) is 27.3. The maximum atomic E-state index is 12.6. The molecular formula is C34H65N3O5. The molecule has 3 amide bonds. The lowest BCUT2D eigenvalue weighted by atomic mass is 10.1. The maximum absolute atomic E-state index is 12.6. The van der Waals surface area contributed by atoms with Crippen molar-refractivity contribution in [1.82, 2.24) is 15.5 Å². The van der Waals surface area contributed by atoms with E-state index in [1.54, 1.807) is 4.90 Å². The van der Waals surface area contributed by atoms with Gasteiger partial charge in [0.2, 0.25) is 17.7 Å². The van der Waals surface area contributed by atoms with Crippen molar-refractivity contribution in [2.45, 2.75) is 168 Å². The van der Waals surface area contributed by atoms with E-state index in [-0.39, 0.29) is 30.6 Å². The standard InChI is InChI=1S/C34H65N3O5/c1-3-5-7-9-11-13-15-17-19-23-31(38)35-27-21-29-37(33(40)25-26-34(41)42)30-22-28-36-32(39)24-20-18-16-14-12-10-8-6-4-2/h3-30H2,1-2H3,(H,35,38)(H,36,39)(H,41,42). The summed E-state index contributed by atoms with van der Waals surface area (Å²) in [5, 5.41) is 14.9. The summed E-state index contributed by atoms with van der Waals surface area (Å²) in [7, 11) is 0. The van der Waals surface area contributed by atoms with Crippen molar-refractivity contribution in [3.63, 3.8) is 0 Å². The molecule has 0 unspecified atom stereocenters. The monoisotopic (exact) mass is 595 g/mol. The van der Waals surface area contributed by atoms with E-state index in [9.17, 15) is 19.2 Å². The van der Waals surface area contributed by atoms with Gasteiger partial charge in [0, 0.05) is 45.4 Å². The molecule has 0 aliphatic heterocycles. The molecule has 0 aromatic heterocycles. The number of hydrogen-bond acceptors (Lipinski definition) is 4. The lowest BCUT2D eigenvalue weighted by Crippen LogP contribution is -2.36. The predicted octanol–water partition coefficient (Wildman–Crippen LogP) is 7.53. The van der Waals surface area contributed by atoms with E-state index >= 15 is 0 Å². The van der Waals surface area contributed by atoms with Crippen molar-refractivity contribution in [2.24, 2.45) is 0 Å². The van der Waals surface area contributed by atoms with Crippen molar-refractivity contribution >= 4 is 23.7 Å². The van der Waals surface area contributed by atoms with Crippen LogP contribution in [-0.4, -0.2) is 59.9 Å². The Labute approximate surface area is 257 Å². The molecule has 0 spiro atoms. The van der Waals surface area contributed by atoms with E-state index in [0.29, 0.717) is 51.9 Å². The van der Waals surface area contributed by atoms with Crippen molar-refractivity contribution in [2.75, 3.05) is 26.2 Å². The Hall–Kier alpha value is -2.12. The van der Waals surface area contributed by atoms with Gasteiger partial charge in [-0.2, -0.15) is 0 Å². The Kier molecular flexibility index (Phi) is 28.8. The van der Waals surface area contributed by atoms with E-state index in [1.165, 1.54) is 89.9 Å². The summed E-state index contributed by atoms with van der Waals surface area (Å²) in [6.45, 7) is 6.37. The molecule has 0 rings (SSSR count). The van der Waals surface area contributed by atoms with Crippen molar-refractivity contribution in [3.8, 4) is 0 Å². The van der Waals surface area contributed by atoms with Crippen LogP contribution in [0.15, 0.2) is 0 Å². The van der Waals surface area contributed by atoms with Gasteiger partial charge in [0.05, 0.1) is 6.42 Å². The number of unbranched alkanes of at least 4 members (excludes halogenated alkanes) is 16. The fourth-order valence-electron chi connectivity index (χ4n) is 5.10. The van der Waals surface area contributed by atoms with Crippen LogP contribution in [-0.2, 0) is 19.2 Å². The van der Waals surface area contributed by atoms with Crippen molar-refractivity contribution in [3.05, 3.63) is 0 Å². The van der Waals surface area contributed by atoms with Gasteiger partial charge in [0.1, 0.15) is 0 Å². The van der Waals surface area contributed by atoms with Gasteiger partial charge in [-0.05, 0) is 25.7 Å². The number of nitrogens with one attached hydrogen (secondary N) is 2. The topological polar surface area (TPSA) is 116 Å². The molecule has 0 atom stereocenters. The van der Waals surface area contributed by atoms with Crippen LogP contribution >= 0.6 is 0 Å². The maximum Gasteiger partial charge on any atom is 0.303 e. The molecule has 0 fully saturated rings. The number of carboxylic acid groups (broad SMARTS) is 1. The number of amides is 3. The minimum atomic E-state index is -0.990. The summed E-state index contributed by atoms with van der Waals surface area (Å²) < 4.78 is 0. The second-order valence-electron chi connectivity index (χ2n) is 11.8. The number of aliphatic carboxylic acids is 1. The molecule has 8 heteroatoms. The number of rotatable bonds is 31. The third kappa shape index (κ3) is 28.0. The van der Waals surface area contributed by atoms with E-state index < -0.39 is 5.97 Å². The molecule has 8 nitrogen and oxygen atoms in total. The second kappa shape index (κ2) is 30.3. The summed E-state index contributed by atoms with van der Waals surface area (Å²) in [5.74, 6) is -1.08. The Morgan fingerprint density at radius 2 is 0.833 bits per heavy atom. The Morgan fingerprint density at radius 1 is 0.476 bits per heavy atom. The van der Waals surface area contributed by atoms with Crippen LogP contribution in [0.1, 0.15) is 168 Å². The van der Waals surface area contributed by atoms with Gasteiger partial charge in [-0.3, -0.25) is 19.2 Å². The van der Waals surface area contributed by atoms with Crippen LogP contribution < -0.4 is 10.6 Å². The summed E-state index contributed by atoms with van der Waals surface area (Å²) in [5.41, 5.74) is 0. The van der Waals surface area contributed by atoms with E-state index in [2.05, 4.69) is 24.5 Å². The van der Waals surface area contributed by atoms with E-state index in [0.717, 1.165) is 25.7 Å². The average Bonchev–Trinajstić information content (AvgIpc) is 2.97. The number of carbonyl (C=O) groups is 4. The fraction of sp³-hybridized carbons (Fsp3) is 0.882. The molecule has 0 aromatic rings. The first kappa shape index (κ1) is 39.9. The number of carbonyl (C=O) groups excluding carboxylic acids is 3. The number of hydrogen-bond donors (Lipinski definition) is 3. The van der Waals surface area contributed by atoms with Crippen molar-refractivity contribution < 1.29 is 24.3 Å². The predicted molar refractivity (Wildman–Crippen MR) is 172 cm³/mol. The highest BCUT2D eigenvalue weighted by Gasteiger charge is 2.15. The minimum Gasteiger partial charge on any atom is -0.481 e. The number of nitrogens with zero attached hydrogens (tertiary/aromatic N) is 1. The van der Waals surface area contributed by atoms with Gasteiger partial charge in [-0.25, -0.2) is 0 Å². The van der Waals surface area contributed by atoms with Gasteiger partial charge in [-0.1, -0.05) is 117 Å². The SMILES string of the molecule is CCCCCCCCCCCC(=O)NCCCN(CCCNC(=O)CCCCCCCCCCC)C(=O)CCC(=O)O. The summed E-state index contributed by atoms with van der Waals surface area (Å²) in [6.07, 6.45) is 24.0. The van der Waals surface area contributed by atoms with E-state index in [4.69, 9.17) is 5.11 Å². The smallest absolute Gasteiger partial charge is 0.303 e. The van der Waals surface area contributed by atoms with Crippen molar-refractivity contribution in [1.29, 1.82) is 0 Å². The molecule has 0 aliphatic rings. The Morgan fingerprint density at radius 3 is 1.19 bits per heavy atom. The lowest BCUT2D eigenvalue weighted by Gasteiger charge is -2.23. The highest BCUT2D eigenvalue weighted by molar-refractivity contribution is 5.80. The third-order valence-corrected chi connectivity index (χ3v) is 7.77. The van der Waals surface area contributed by atoms with Crippen LogP contribution in [0.5, 0.6) is 0 Å². The minimum absolute atomic E-state index is 0.0364. The molecule has 246 valence electrons. The quantitative estimate of drug-likeness (QED) is 0.0716. The van der Waals surface area contributed by atoms with Crippen LogP contribution in [0.25, 0.3) is 0 Å². The van der Waals surface area contributed by atoms with Gasteiger partial charge in [0.15, 0.2) is 0 Å². The number of carboxylic acids is 1. The molecule has 0 bridgehead atoms. The van der Waals surface area contributed by atoms with Crippen LogP contribution in [0.4, 0.5) is 0 Å². The highest BCUT2D eigenvalue weighted by atomic mass is 16.4. The first-order valence-corrected chi connectivity index (χ1v) is 17.4. The lowest BCUT2D eigenvalue weighted by molar-refractivity contribution is -0.141. The molecule has 3 N–H and O–H groups in total. The molecule has 42 heavy (non-hydrogen) atoms. The zero-order valence-corrected chi connectivity index (χ0v) is 27.3. The van der Waals surface area contributed by atoms with Gasteiger partial charge >= 0.3 is 5.97 Å². The summed E-state index contributed by atoms with van der Waals surface area (Å²) in [6, 6.07) is 0. The molecule has 0 radical (unpaired) electrons. The molecule has 0 saturated heterocycles. The zero-order chi connectivity index (χ0) is 31.1. The summed E-state index contributed by atoms with van der Waals surface area (Å²) >= 11 is 0. The normalized spacial score (nSPS) is 10.9. The van der Waals surface area contributed by atoms with Gasteiger partial charge < -0.3 is 20.6 Å². The van der Waals surface area contributed by atoms with Gasteiger partial charge in [-0.15, -0.1) is 0 Å². The van der Waals surface area contributed by atoms with Crippen LogP contribution in [0.3, 0.4) is 0 Å². The molecule has 0 aromatic carbocycles. The fourth-order valence-corrected chi connectivity index (χ4v) is 5.10. The Bertz CT molecular complexity index is 644. The van der Waals surface area contributed by atoms with Gasteiger partial charge in [0.25, 0.3) is 0 Å². The van der Waals surface area contributed by atoms with E-state index in [1.807, 2.05) is 0 Å². The molecule has 0 saturated carbocycles. The average molecular weight is 596 g/mol. The molecule has 0 aliphatic carbocycles.